The topological polar surface area (TPSA) is 130 Å². The van der Waals surface area contributed by atoms with Crippen LogP contribution in [-0.2, 0) is 11.8 Å². The van der Waals surface area contributed by atoms with Gasteiger partial charge in [0.05, 0.1) is 11.0 Å². The molecule has 34 heavy (non-hydrogen) atoms. The number of hydrogen-bond donors (Lipinski definition) is 2. The second-order valence-corrected chi connectivity index (χ2v) is 11.3. The SMILES string of the molecule is C[C@H]1CNC(C)(C)CCN1c1nccc(-c2noc([C@@]3(C)CCCc4sc(N)c(C#N)c43)n2)n1. The van der Waals surface area contributed by atoms with Crippen molar-refractivity contribution in [1.29, 1.82) is 5.26 Å². The summed E-state index contributed by atoms with van der Waals surface area (Å²) in [6.07, 6.45) is 5.44. The summed E-state index contributed by atoms with van der Waals surface area (Å²) >= 11 is 1.50. The van der Waals surface area contributed by atoms with E-state index >= 15 is 0 Å². The minimum Gasteiger partial charge on any atom is -0.389 e. The Morgan fingerprint density at radius 1 is 1.29 bits per heavy atom. The standard InChI is InChI=1S/C24H30N8OS/c1-14-13-28-23(2,3)9-11-32(14)22-27-10-7-16(29-22)20-30-21(33-31-20)24(4)8-5-6-17-18(24)15(12-25)19(26)34-17/h7,10,14,28H,5-6,8-9,11,13,26H2,1-4H3/t14-,24-/m0/s1. The summed E-state index contributed by atoms with van der Waals surface area (Å²) in [6, 6.07) is 4.35. The van der Waals surface area contributed by atoms with Gasteiger partial charge >= 0.3 is 0 Å². The van der Waals surface area contributed by atoms with E-state index in [4.69, 9.17) is 20.2 Å². The van der Waals surface area contributed by atoms with Gasteiger partial charge in [0.1, 0.15) is 16.8 Å². The molecule has 5 rings (SSSR count). The number of nitrogens with zero attached hydrogens (tertiary/aromatic N) is 6. The third-order valence-electron chi connectivity index (χ3n) is 7.17. The van der Waals surface area contributed by atoms with Crippen LogP contribution in [0.3, 0.4) is 0 Å². The molecule has 0 saturated carbocycles. The maximum absolute atomic E-state index is 9.74. The van der Waals surface area contributed by atoms with Crippen LogP contribution >= 0.6 is 11.3 Å². The Kier molecular flexibility index (Phi) is 5.57. The van der Waals surface area contributed by atoms with Crippen LogP contribution in [0.2, 0.25) is 0 Å². The van der Waals surface area contributed by atoms with E-state index < -0.39 is 5.41 Å². The fourth-order valence-corrected chi connectivity index (χ4v) is 6.20. The lowest BCUT2D eigenvalue weighted by Crippen LogP contribution is -2.42. The zero-order valence-corrected chi connectivity index (χ0v) is 20.9. The van der Waals surface area contributed by atoms with Crippen LogP contribution in [0.1, 0.15) is 68.9 Å². The molecule has 1 aliphatic carbocycles. The number of nitrogen functional groups attached to an aromatic ring is 1. The summed E-state index contributed by atoms with van der Waals surface area (Å²) in [7, 11) is 0. The first kappa shape index (κ1) is 22.7. The largest absolute Gasteiger partial charge is 0.389 e. The van der Waals surface area contributed by atoms with Crippen molar-refractivity contribution in [2.75, 3.05) is 23.7 Å². The summed E-state index contributed by atoms with van der Waals surface area (Å²) in [6.45, 7) is 10.4. The van der Waals surface area contributed by atoms with Gasteiger partial charge in [0.15, 0.2) is 0 Å². The number of nitrogens with one attached hydrogen (secondary N) is 1. The molecule has 178 valence electrons. The number of thiophene rings is 1. The number of nitriles is 1. The summed E-state index contributed by atoms with van der Waals surface area (Å²) in [5, 5.41) is 18.2. The van der Waals surface area contributed by atoms with Crippen LogP contribution < -0.4 is 16.0 Å². The lowest BCUT2D eigenvalue weighted by Gasteiger charge is -2.30. The van der Waals surface area contributed by atoms with Gasteiger partial charge in [0.2, 0.25) is 17.7 Å². The van der Waals surface area contributed by atoms with Gasteiger partial charge in [-0.3, -0.25) is 0 Å². The average Bonchev–Trinajstić information content (AvgIpc) is 3.40. The van der Waals surface area contributed by atoms with Crippen LogP contribution in [0.15, 0.2) is 16.8 Å². The number of fused-ring (bicyclic) bond motifs is 1. The monoisotopic (exact) mass is 478 g/mol. The number of hydrogen-bond acceptors (Lipinski definition) is 10. The summed E-state index contributed by atoms with van der Waals surface area (Å²) < 4.78 is 5.79. The maximum Gasteiger partial charge on any atom is 0.237 e. The van der Waals surface area contributed by atoms with Crippen molar-refractivity contribution in [3.8, 4) is 17.6 Å². The van der Waals surface area contributed by atoms with Gasteiger partial charge in [-0.1, -0.05) is 5.16 Å². The molecule has 0 spiro atoms. The number of aromatic nitrogens is 4. The minimum absolute atomic E-state index is 0.0742. The van der Waals surface area contributed by atoms with E-state index in [1.54, 1.807) is 12.3 Å². The van der Waals surface area contributed by atoms with Crippen molar-refractivity contribution in [1.82, 2.24) is 25.4 Å². The van der Waals surface area contributed by atoms with Crippen molar-refractivity contribution in [3.63, 3.8) is 0 Å². The van der Waals surface area contributed by atoms with Crippen molar-refractivity contribution >= 4 is 22.3 Å². The van der Waals surface area contributed by atoms with Crippen LogP contribution in [0.4, 0.5) is 10.9 Å². The first-order valence-corrected chi connectivity index (χ1v) is 12.5. The molecule has 4 heterocycles. The molecule has 1 aliphatic heterocycles. The molecule has 0 unspecified atom stereocenters. The highest BCUT2D eigenvalue weighted by atomic mass is 32.1. The van der Waals surface area contributed by atoms with Crippen molar-refractivity contribution in [2.24, 2.45) is 0 Å². The Labute approximate surface area is 203 Å². The molecule has 1 saturated heterocycles. The number of rotatable bonds is 3. The number of anilines is 2. The first-order valence-electron chi connectivity index (χ1n) is 11.7. The second kappa shape index (κ2) is 8.32. The molecule has 9 nitrogen and oxygen atoms in total. The quantitative estimate of drug-likeness (QED) is 0.579. The van der Waals surface area contributed by atoms with Gasteiger partial charge in [-0.05, 0) is 59.4 Å². The Hall–Kier alpha value is -3.03. The van der Waals surface area contributed by atoms with Gasteiger partial charge in [-0.25, -0.2) is 9.97 Å². The molecule has 3 aromatic heterocycles. The van der Waals surface area contributed by atoms with Crippen LogP contribution in [0.5, 0.6) is 0 Å². The van der Waals surface area contributed by atoms with E-state index in [0.717, 1.165) is 49.2 Å². The van der Waals surface area contributed by atoms with Gasteiger partial charge in [-0.15, -0.1) is 11.3 Å². The van der Waals surface area contributed by atoms with E-state index in [2.05, 4.69) is 54.1 Å². The zero-order valence-electron chi connectivity index (χ0n) is 20.1. The van der Waals surface area contributed by atoms with E-state index in [9.17, 15) is 5.26 Å². The van der Waals surface area contributed by atoms with E-state index in [0.29, 0.717) is 33.9 Å². The lowest BCUT2D eigenvalue weighted by atomic mass is 9.72. The molecular weight excluding hydrogens is 448 g/mol. The number of aryl methyl sites for hydroxylation is 1. The highest BCUT2D eigenvalue weighted by Gasteiger charge is 2.43. The van der Waals surface area contributed by atoms with Crippen LogP contribution in [0.25, 0.3) is 11.5 Å². The molecule has 3 aromatic rings. The summed E-state index contributed by atoms with van der Waals surface area (Å²) in [5.74, 6) is 1.58. The van der Waals surface area contributed by atoms with E-state index in [1.165, 1.54) is 11.3 Å². The zero-order chi connectivity index (χ0) is 24.1. The van der Waals surface area contributed by atoms with Gasteiger partial charge in [0, 0.05) is 41.3 Å². The molecule has 10 heteroatoms. The van der Waals surface area contributed by atoms with Crippen LogP contribution in [0, 0.1) is 11.3 Å². The summed E-state index contributed by atoms with van der Waals surface area (Å²) in [4.78, 5) is 17.5. The van der Waals surface area contributed by atoms with Crippen molar-refractivity contribution in [2.45, 2.75) is 70.4 Å². The highest BCUT2D eigenvalue weighted by Crippen LogP contribution is 2.48. The van der Waals surface area contributed by atoms with Gasteiger partial charge < -0.3 is 20.5 Å². The highest BCUT2D eigenvalue weighted by molar-refractivity contribution is 7.16. The number of nitrogens with two attached hydrogens (primary N) is 1. The smallest absolute Gasteiger partial charge is 0.237 e. The third-order valence-corrected chi connectivity index (χ3v) is 8.24. The Bertz CT molecular complexity index is 1260. The lowest BCUT2D eigenvalue weighted by molar-refractivity contribution is 0.300. The predicted molar refractivity (Wildman–Crippen MR) is 132 cm³/mol. The molecule has 0 radical (unpaired) electrons. The molecule has 0 aromatic carbocycles. The fraction of sp³-hybridized carbons (Fsp3) is 0.542. The van der Waals surface area contributed by atoms with Crippen molar-refractivity contribution in [3.05, 3.63) is 34.2 Å². The summed E-state index contributed by atoms with van der Waals surface area (Å²) in [5.41, 5.74) is 7.78. The maximum atomic E-state index is 9.74. The minimum atomic E-state index is -0.551. The van der Waals surface area contributed by atoms with E-state index in [-0.39, 0.29) is 11.6 Å². The second-order valence-electron chi connectivity index (χ2n) is 10.2. The predicted octanol–water partition coefficient (Wildman–Crippen LogP) is 3.65. The molecule has 2 atom stereocenters. The Morgan fingerprint density at radius 2 is 2.12 bits per heavy atom. The Balaban J connectivity index is 1.48. The average molecular weight is 479 g/mol. The van der Waals surface area contributed by atoms with Crippen molar-refractivity contribution < 1.29 is 4.52 Å². The molecule has 3 N–H and O–H groups in total. The van der Waals surface area contributed by atoms with Gasteiger partial charge in [-0.2, -0.15) is 10.2 Å². The fourth-order valence-electron chi connectivity index (χ4n) is 5.01. The molecule has 0 amide bonds. The van der Waals surface area contributed by atoms with E-state index in [1.807, 2.05) is 0 Å². The molecule has 1 fully saturated rings. The molecule has 0 bridgehead atoms. The third kappa shape index (κ3) is 3.83. The first-order chi connectivity index (χ1) is 16.2. The Morgan fingerprint density at radius 3 is 2.91 bits per heavy atom. The molecular formula is C24H30N8OS. The van der Waals surface area contributed by atoms with Gasteiger partial charge in [0.25, 0.3) is 0 Å². The molecule has 2 aliphatic rings. The van der Waals surface area contributed by atoms with Crippen LogP contribution in [-0.4, -0.2) is 44.8 Å². The normalized spacial score (nSPS) is 24.3.